The van der Waals surface area contributed by atoms with Crippen molar-refractivity contribution in [2.45, 2.75) is 25.4 Å². The van der Waals surface area contributed by atoms with E-state index >= 15 is 0 Å². The average Bonchev–Trinajstić information content (AvgIpc) is 2.79. The Bertz CT molecular complexity index is 1180. The van der Waals surface area contributed by atoms with Gasteiger partial charge in [-0.05, 0) is 36.6 Å². The summed E-state index contributed by atoms with van der Waals surface area (Å²) in [7, 11) is 0. The van der Waals surface area contributed by atoms with E-state index in [1.165, 1.54) is 22.6 Å². The van der Waals surface area contributed by atoms with Crippen LogP contribution in [0.3, 0.4) is 0 Å². The Hall–Kier alpha value is -3.58. The third kappa shape index (κ3) is 3.27. The summed E-state index contributed by atoms with van der Waals surface area (Å²) in [5, 5.41) is 12.1. The Morgan fingerprint density at radius 1 is 0.871 bits per heavy atom. The second-order valence-corrected chi connectivity index (χ2v) is 8.09. The molecule has 1 saturated heterocycles. The molecular weight excluding hydrogens is 394 g/mol. The van der Waals surface area contributed by atoms with Crippen molar-refractivity contribution < 1.29 is 14.5 Å². The molecule has 0 unspecified atom stereocenters. The molecule has 7 nitrogen and oxygen atoms in total. The number of likely N-dealkylation sites (tertiary alicyclic amines) is 1. The summed E-state index contributed by atoms with van der Waals surface area (Å²) in [6.07, 6.45) is 1.42. The fraction of sp³-hybridized carbons (Fsp3) is 0.250. The molecule has 3 aromatic carbocycles. The number of rotatable bonds is 4. The number of hydrogen-bond donors (Lipinski definition) is 0. The first-order chi connectivity index (χ1) is 15.0. The highest BCUT2D eigenvalue weighted by atomic mass is 16.6. The molecule has 2 amide bonds. The number of nitro benzene ring substituents is 1. The van der Waals surface area contributed by atoms with Gasteiger partial charge in [0.05, 0.1) is 10.3 Å². The normalized spacial score (nSPS) is 17.4. The van der Waals surface area contributed by atoms with E-state index in [1.54, 1.807) is 18.2 Å². The minimum Gasteiger partial charge on any atom is -0.299 e. The standard InChI is InChI=1S/C24H21N3O4/c28-23-19-8-4-7-18-21(27(30)31)10-9-20(22(18)19)24(29)26(23)17-11-13-25(14-12-17)15-16-5-2-1-3-6-16/h1-10,17H,11-15H2. The van der Waals surface area contributed by atoms with Crippen molar-refractivity contribution in [3.8, 4) is 0 Å². The molecule has 2 aliphatic rings. The lowest BCUT2D eigenvalue weighted by molar-refractivity contribution is -0.383. The van der Waals surface area contributed by atoms with Crippen LogP contribution in [0.25, 0.3) is 10.8 Å². The molecule has 7 heteroatoms. The van der Waals surface area contributed by atoms with Gasteiger partial charge in [-0.15, -0.1) is 0 Å². The highest BCUT2D eigenvalue weighted by Gasteiger charge is 2.39. The van der Waals surface area contributed by atoms with E-state index in [9.17, 15) is 19.7 Å². The summed E-state index contributed by atoms with van der Waals surface area (Å²) in [6.45, 7) is 2.45. The van der Waals surface area contributed by atoms with Crippen LogP contribution in [0.1, 0.15) is 39.1 Å². The quantitative estimate of drug-likeness (QED) is 0.365. The molecule has 0 radical (unpaired) electrons. The smallest absolute Gasteiger partial charge is 0.277 e. The molecule has 1 fully saturated rings. The van der Waals surface area contributed by atoms with Crippen molar-refractivity contribution in [2.75, 3.05) is 13.1 Å². The van der Waals surface area contributed by atoms with Gasteiger partial charge in [0.1, 0.15) is 0 Å². The van der Waals surface area contributed by atoms with Crippen molar-refractivity contribution in [3.63, 3.8) is 0 Å². The Balaban J connectivity index is 1.41. The van der Waals surface area contributed by atoms with Crippen LogP contribution in [0.15, 0.2) is 60.7 Å². The van der Waals surface area contributed by atoms with Crippen LogP contribution in [-0.4, -0.2) is 45.7 Å². The Morgan fingerprint density at radius 2 is 1.55 bits per heavy atom. The van der Waals surface area contributed by atoms with Gasteiger partial charge in [0.25, 0.3) is 17.5 Å². The van der Waals surface area contributed by atoms with E-state index in [0.29, 0.717) is 34.7 Å². The van der Waals surface area contributed by atoms with Crippen molar-refractivity contribution >= 4 is 28.3 Å². The Kier molecular flexibility index (Phi) is 4.75. The number of hydrogen-bond acceptors (Lipinski definition) is 5. The maximum absolute atomic E-state index is 13.3. The third-order valence-corrected chi connectivity index (χ3v) is 6.28. The third-order valence-electron chi connectivity index (χ3n) is 6.28. The van der Waals surface area contributed by atoms with Crippen molar-refractivity contribution in [1.82, 2.24) is 9.80 Å². The second kappa shape index (κ2) is 7.59. The molecule has 31 heavy (non-hydrogen) atoms. The maximum Gasteiger partial charge on any atom is 0.277 e. The first kappa shape index (κ1) is 19.4. The summed E-state index contributed by atoms with van der Waals surface area (Å²) in [5.41, 5.74) is 1.88. The summed E-state index contributed by atoms with van der Waals surface area (Å²) in [5.74, 6) is -0.713. The molecule has 0 atom stereocenters. The second-order valence-electron chi connectivity index (χ2n) is 8.09. The van der Waals surface area contributed by atoms with Gasteiger partial charge in [-0.1, -0.05) is 36.4 Å². The van der Waals surface area contributed by atoms with Crippen LogP contribution >= 0.6 is 0 Å². The number of carbonyl (C=O) groups excluding carboxylic acids is 2. The first-order valence-electron chi connectivity index (χ1n) is 10.4. The average molecular weight is 415 g/mol. The number of carbonyl (C=O) groups is 2. The molecule has 5 rings (SSSR count). The molecule has 156 valence electrons. The molecule has 2 aliphatic heterocycles. The van der Waals surface area contributed by atoms with E-state index in [0.717, 1.165) is 19.6 Å². The minimum atomic E-state index is -0.479. The topological polar surface area (TPSA) is 83.8 Å². The number of amides is 2. The van der Waals surface area contributed by atoms with Crippen LogP contribution < -0.4 is 0 Å². The van der Waals surface area contributed by atoms with Gasteiger partial charge < -0.3 is 0 Å². The predicted molar refractivity (Wildman–Crippen MR) is 116 cm³/mol. The number of nitrogens with zero attached hydrogens (tertiary/aromatic N) is 3. The van der Waals surface area contributed by atoms with Gasteiger partial charge in [0.2, 0.25) is 0 Å². The van der Waals surface area contributed by atoms with Gasteiger partial charge in [-0.3, -0.25) is 29.5 Å². The Morgan fingerprint density at radius 3 is 2.23 bits per heavy atom. The number of piperidine rings is 1. The number of imide groups is 1. The number of benzene rings is 3. The van der Waals surface area contributed by atoms with Gasteiger partial charge >= 0.3 is 0 Å². The summed E-state index contributed by atoms with van der Waals surface area (Å²) in [4.78, 5) is 41.2. The van der Waals surface area contributed by atoms with Gasteiger partial charge in [-0.25, -0.2) is 0 Å². The summed E-state index contributed by atoms with van der Waals surface area (Å²) in [6, 6.07) is 17.8. The maximum atomic E-state index is 13.3. The zero-order valence-corrected chi connectivity index (χ0v) is 16.9. The highest BCUT2D eigenvalue weighted by molar-refractivity contribution is 6.26. The van der Waals surface area contributed by atoms with Gasteiger partial charge in [-0.2, -0.15) is 0 Å². The lowest BCUT2D eigenvalue weighted by Crippen LogP contribution is -2.51. The first-order valence-corrected chi connectivity index (χ1v) is 10.4. The van der Waals surface area contributed by atoms with Crippen LogP contribution in [0.4, 0.5) is 5.69 Å². The van der Waals surface area contributed by atoms with E-state index in [1.807, 2.05) is 18.2 Å². The van der Waals surface area contributed by atoms with E-state index in [2.05, 4.69) is 17.0 Å². The lowest BCUT2D eigenvalue weighted by Gasteiger charge is -2.39. The van der Waals surface area contributed by atoms with Crippen LogP contribution in [0, 0.1) is 10.1 Å². The van der Waals surface area contributed by atoms with E-state index in [4.69, 9.17) is 0 Å². The van der Waals surface area contributed by atoms with Gasteiger partial charge in [0, 0.05) is 48.3 Å². The van der Waals surface area contributed by atoms with Crippen molar-refractivity contribution in [3.05, 3.63) is 87.5 Å². The monoisotopic (exact) mass is 415 g/mol. The molecule has 0 N–H and O–H groups in total. The largest absolute Gasteiger partial charge is 0.299 e. The molecule has 3 aromatic rings. The molecule has 2 heterocycles. The molecule has 0 spiro atoms. The van der Waals surface area contributed by atoms with E-state index < -0.39 is 4.92 Å². The summed E-state index contributed by atoms with van der Waals surface area (Å²) < 4.78 is 0. The Labute approximate surface area is 179 Å². The van der Waals surface area contributed by atoms with Crippen molar-refractivity contribution in [1.29, 1.82) is 0 Å². The molecule has 0 bridgehead atoms. The number of non-ortho nitro benzene ring substituents is 1. The van der Waals surface area contributed by atoms with Crippen LogP contribution in [0.5, 0.6) is 0 Å². The van der Waals surface area contributed by atoms with Crippen molar-refractivity contribution in [2.24, 2.45) is 0 Å². The fourth-order valence-corrected chi connectivity index (χ4v) is 4.77. The van der Waals surface area contributed by atoms with Crippen LogP contribution in [0.2, 0.25) is 0 Å². The zero-order valence-electron chi connectivity index (χ0n) is 16.9. The summed E-state index contributed by atoms with van der Waals surface area (Å²) >= 11 is 0. The SMILES string of the molecule is O=C1c2cccc3c([N+](=O)[O-])ccc(c23)C(=O)N1C1CCN(Cc2ccccc2)CC1. The predicted octanol–water partition coefficient (Wildman–Crippen LogP) is 4.01. The molecule has 0 aliphatic carbocycles. The molecular formula is C24H21N3O4. The highest BCUT2D eigenvalue weighted by Crippen LogP contribution is 2.37. The fourth-order valence-electron chi connectivity index (χ4n) is 4.77. The minimum absolute atomic E-state index is 0.0936. The van der Waals surface area contributed by atoms with Gasteiger partial charge in [0.15, 0.2) is 0 Å². The molecule has 0 aromatic heterocycles. The number of nitro groups is 1. The molecule has 0 saturated carbocycles. The zero-order chi connectivity index (χ0) is 21.5. The lowest BCUT2D eigenvalue weighted by atomic mass is 9.90. The van der Waals surface area contributed by atoms with E-state index in [-0.39, 0.29) is 23.5 Å². The van der Waals surface area contributed by atoms with Crippen LogP contribution in [-0.2, 0) is 6.54 Å².